The first-order chi connectivity index (χ1) is 15.2. The number of halogens is 1. The fourth-order valence-electron chi connectivity index (χ4n) is 4.12. The van der Waals surface area contributed by atoms with Gasteiger partial charge in [-0.3, -0.25) is 4.90 Å². The number of hydrogen-bond donors (Lipinski definition) is 2. The second-order valence-electron chi connectivity index (χ2n) is 8.31. The van der Waals surface area contributed by atoms with Crippen LogP contribution in [0.15, 0.2) is 42.5 Å². The summed E-state index contributed by atoms with van der Waals surface area (Å²) >= 11 is 6.50. The average molecular weight is 463 g/mol. The van der Waals surface area contributed by atoms with Crippen molar-refractivity contribution in [3.05, 3.63) is 58.6 Å². The van der Waals surface area contributed by atoms with Crippen LogP contribution < -0.4 is 9.64 Å². The molecule has 7 nitrogen and oxygen atoms in total. The number of piperazine rings is 1. The number of aliphatic hydroxyl groups is 2. The highest BCUT2D eigenvalue weighted by Crippen LogP contribution is 2.33. The lowest BCUT2D eigenvalue weighted by Crippen LogP contribution is -2.54. The van der Waals surface area contributed by atoms with Crippen molar-refractivity contribution in [3.63, 3.8) is 0 Å². The molecule has 174 valence electrons. The van der Waals surface area contributed by atoms with E-state index in [2.05, 4.69) is 16.7 Å². The van der Waals surface area contributed by atoms with Crippen LogP contribution in [-0.2, 0) is 10.3 Å². The Morgan fingerprint density at radius 1 is 1.22 bits per heavy atom. The SMILES string of the molecule is COC(=O)c1ccc([C@](C)(O)CN2CCN(c3ccc(OCCO)cc3Cl)[C@H](C)C2)cc1. The van der Waals surface area contributed by atoms with E-state index in [1.165, 1.54) is 7.11 Å². The normalized spacial score (nSPS) is 18.8. The third-order valence-electron chi connectivity index (χ3n) is 5.76. The number of anilines is 1. The second-order valence-corrected chi connectivity index (χ2v) is 8.71. The van der Waals surface area contributed by atoms with Crippen molar-refractivity contribution in [1.82, 2.24) is 4.90 Å². The van der Waals surface area contributed by atoms with Gasteiger partial charge in [0.2, 0.25) is 0 Å². The summed E-state index contributed by atoms with van der Waals surface area (Å²) in [5.41, 5.74) is 1.10. The first kappa shape index (κ1) is 24.3. The molecule has 3 rings (SSSR count). The van der Waals surface area contributed by atoms with E-state index in [1.807, 2.05) is 12.1 Å². The summed E-state index contributed by atoms with van der Waals surface area (Å²) < 4.78 is 10.2. The van der Waals surface area contributed by atoms with Gasteiger partial charge < -0.3 is 24.6 Å². The lowest BCUT2D eigenvalue weighted by atomic mass is 9.94. The second kappa shape index (κ2) is 10.5. The third-order valence-corrected chi connectivity index (χ3v) is 6.06. The standard InChI is InChI=1S/C24H31ClN2O5/c1-17-15-26(16-24(2,30)19-6-4-18(5-7-19)23(29)31-3)10-11-27(17)22-9-8-20(14-21(22)25)32-13-12-28/h4-9,14,17,28,30H,10-13,15-16H2,1-3H3/t17-,24-/m1/s1. The molecule has 0 aromatic heterocycles. The lowest BCUT2D eigenvalue weighted by molar-refractivity contribution is 0.0110. The predicted molar refractivity (Wildman–Crippen MR) is 125 cm³/mol. The molecule has 0 saturated carbocycles. The van der Waals surface area contributed by atoms with E-state index in [0.717, 1.165) is 30.9 Å². The topological polar surface area (TPSA) is 82.5 Å². The van der Waals surface area contributed by atoms with Crippen molar-refractivity contribution in [2.75, 3.05) is 51.4 Å². The Bertz CT molecular complexity index is 919. The van der Waals surface area contributed by atoms with Crippen molar-refractivity contribution in [2.45, 2.75) is 25.5 Å². The van der Waals surface area contributed by atoms with E-state index in [-0.39, 0.29) is 19.3 Å². The molecule has 0 aliphatic carbocycles. The number of nitrogens with zero attached hydrogens (tertiary/aromatic N) is 2. The highest BCUT2D eigenvalue weighted by molar-refractivity contribution is 6.33. The minimum absolute atomic E-state index is 0.0441. The van der Waals surface area contributed by atoms with E-state index in [1.54, 1.807) is 37.3 Å². The smallest absolute Gasteiger partial charge is 0.337 e. The highest BCUT2D eigenvalue weighted by atomic mass is 35.5. The largest absolute Gasteiger partial charge is 0.491 e. The number of methoxy groups -OCH3 is 1. The van der Waals surface area contributed by atoms with Crippen LogP contribution in [0.1, 0.15) is 29.8 Å². The predicted octanol–water partition coefficient (Wildman–Crippen LogP) is 2.92. The van der Waals surface area contributed by atoms with Crippen LogP contribution in [0.3, 0.4) is 0 Å². The van der Waals surface area contributed by atoms with Crippen LogP contribution >= 0.6 is 11.6 Å². The van der Waals surface area contributed by atoms with Crippen molar-refractivity contribution >= 4 is 23.3 Å². The maximum absolute atomic E-state index is 11.6. The van der Waals surface area contributed by atoms with Gasteiger partial charge >= 0.3 is 5.97 Å². The zero-order valence-electron chi connectivity index (χ0n) is 18.8. The monoisotopic (exact) mass is 462 g/mol. The Balaban J connectivity index is 1.63. The van der Waals surface area contributed by atoms with Crippen molar-refractivity contribution < 1.29 is 24.5 Å². The highest BCUT2D eigenvalue weighted by Gasteiger charge is 2.31. The summed E-state index contributed by atoms with van der Waals surface area (Å²) in [6.07, 6.45) is 0. The van der Waals surface area contributed by atoms with E-state index in [0.29, 0.717) is 22.9 Å². The molecule has 0 amide bonds. The molecule has 2 atom stereocenters. The molecule has 1 aliphatic heterocycles. The van der Waals surface area contributed by atoms with E-state index in [9.17, 15) is 9.90 Å². The summed E-state index contributed by atoms with van der Waals surface area (Å²) in [7, 11) is 1.35. The van der Waals surface area contributed by atoms with Gasteiger partial charge in [-0.25, -0.2) is 4.79 Å². The molecule has 1 saturated heterocycles. The number of hydrogen-bond acceptors (Lipinski definition) is 7. The molecular weight excluding hydrogens is 432 g/mol. The quantitative estimate of drug-likeness (QED) is 0.583. The maximum Gasteiger partial charge on any atom is 0.337 e. The number of esters is 1. The van der Waals surface area contributed by atoms with E-state index < -0.39 is 11.6 Å². The van der Waals surface area contributed by atoms with Crippen LogP contribution in [0, 0.1) is 0 Å². The van der Waals surface area contributed by atoms with Crippen LogP contribution in [0.4, 0.5) is 5.69 Å². The zero-order valence-corrected chi connectivity index (χ0v) is 19.5. The van der Waals surface area contributed by atoms with Crippen LogP contribution in [-0.4, -0.2) is 73.6 Å². The van der Waals surface area contributed by atoms with Crippen LogP contribution in [0.25, 0.3) is 0 Å². The molecule has 0 spiro atoms. The van der Waals surface area contributed by atoms with Gasteiger partial charge in [0.25, 0.3) is 0 Å². The van der Waals surface area contributed by atoms with E-state index >= 15 is 0 Å². The Kier molecular flexibility index (Phi) is 8.00. The number of benzene rings is 2. The van der Waals surface area contributed by atoms with Gasteiger partial charge in [-0.15, -0.1) is 0 Å². The summed E-state index contributed by atoms with van der Waals surface area (Å²) in [6, 6.07) is 12.7. The minimum atomic E-state index is -1.06. The van der Waals surface area contributed by atoms with Crippen LogP contribution in [0.2, 0.25) is 5.02 Å². The first-order valence-corrected chi connectivity index (χ1v) is 11.1. The van der Waals surface area contributed by atoms with Gasteiger partial charge in [0.05, 0.1) is 35.6 Å². The summed E-state index contributed by atoms with van der Waals surface area (Å²) in [4.78, 5) is 16.1. The van der Waals surface area contributed by atoms with Gasteiger partial charge in [0, 0.05) is 38.3 Å². The summed E-state index contributed by atoms with van der Waals surface area (Å²) in [5, 5.41) is 20.6. The van der Waals surface area contributed by atoms with E-state index in [4.69, 9.17) is 26.2 Å². The summed E-state index contributed by atoms with van der Waals surface area (Å²) in [6.45, 7) is 6.92. The van der Waals surface area contributed by atoms with Gasteiger partial charge in [-0.05, 0) is 43.7 Å². The Labute approximate surface area is 194 Å². The fourth-order valence-corrected chi connectivity index (χ4v) is 4.40. The fraction of sp³-hybridized carbons (Fsp3) is 0.458. The molecule has 2 aromatic carbocycles. The molecule has 1 fully saturated rings. The Morgan fingerprint density at radius 3 is 2.53 bits per heavy atom. The molecule has 8 heteroatoms. The van der Waals surface area contributed by atoms with Crippen molar-refractivity contribution in [2.24, 2.45) is 0 Å². The van der Waals surface area contributed by atoms with Crippen molar-refractivity contribution in [3.8, 4) is 5.75 Å². The van der Waals surface area contributed by atoms with Crippen LogP contribution in [0.5, 0.6) is 5.75 Å². The lowest BCUT2D eigenvalue weighted by Gasteiger charge is -2.43. The number of rotatable bonds is 8. The number of carbonyl (C=O) groups is 1. The molecule has 0 radical (unpaired) electrons. The van der Waals surface area contributed by atoms with Gasteiger partial charge in [0.1, 0.15) is 12.4 Å². The molecule has 32 heavy (non-hydrogen) atoms. The minimum Gasteiger partial charge on any atom is -0.491 e. The number of aliphatic hydroxyl groups excluding tert-OH is 1. The third kappa shape index (κ3) is 5.72. The molecule has 1 heterocycles. The Hall–Kier alpha value is -2.32. The molecule has 1 aliphatic rings. The zero-order chi connectivity index (χ0) is 23.3. The van der Waals surface area contributed by atoms with Gasteiger partial charge in [0.15, 0.2) is 0 Å². The molecule has 0 bridgehead atoms. The molecule has 0 unspecified atom stereocenters. The van der Waals surface area contributed by atoms with Crippen molar-refractivity contribution in [1.29, 1.82) is 0 Å². The summed E-state index contributed by atoms with van der Waals surface area (Å²) in [5.74, 6) is 0.237. The number of β-amino-alcohol motifs (C(OH)–C–C–N with tert-alkyl or cyclic N) is 1. The van der Waals surface area contributed by atoms with Gasteiger partial charge in [-0.1, -0.05) is 23.7 Å². The molecular formula is C24H31ClN2O5. The maximum atomic E-state index is 11.6. The Morgan fingerprint density at radius 2 is 1.94 bits per heavy atom. The number of ether oxygens (including phenoxy) is 2. The van der Waals surface area contributed by atoms with Gasteiger partial charge in [-0.2, -0.15) is 0 Å². The number of carbonyl (C=O) groups excluding carboxylic acids is 1. The molecule has 2 aromatic rings. The molecule has 2 N–H and O–H groups in total. The first-order valence-electron chi connectivity index (χ1n) is 10.7. The average Bonchev–Trinajstić information content (AvgIpc) is 2.77.